The Kier molecular flexibility index (Phi) is 2.42. The van der Waals surface area contributed by atoms with Crippen molar-refractivity contribution < 1.29 is 5.11 Å². The Labute approximate surface area is 98.3 Å². The molecular formula is C13H11NOS. The number of aliphatic hydroxyl groups is 1. The van der Waals surface area contributed by atoms with Gasteiger partial charge in [-0.1, -0.05) is 30.3 Å². The van der Waals surface area contributed by atoms with Crippen LogP contribution in [0.4, 0.5) is 0 Å². The topological polar surface area (TPSA) is 33.1 Å². The van der Waals surface area contributed by atoms with Crippen LogP contribution in [-0.4, -0.2) is 10.1 Å². The molecule has 0 bridgehead atoms. The van der Waals surface area contributed by atoms with E-state index in [0.29, 0.717) is 0 Å². The van der Waals surface area contributed by atoms with E-state index in [1.54, 1.807) is 18.0 Å². The number of hydrogen-bond acceptors (Lipinski definition) is 3. The summed E-state index contributed by atoms with van der Waals surface area (Å²) in [5.74, 6) is 0.872. The Morgan fingerprint density at radius 2 is 1.94 bits per heavy atom. The fraction of sp³-hybridized carbons (Fsp3) is 0.154. The summed E-state index contributed by atoms with van der Waals surface area (Å²) in [6.45, 7) is 0. The standard InChI is InChI=1S/C13H11NOS/c15-12-10-5-2-1-4-9(10)8-16-13-11(12)6-3-7-14-13/h1-7,12,15H,8H2. The summed E-state index contributed by atoms with van der Waals surface area (Å²) in [7, 11) is 0. The zero-order valence-electron chi connectivity index (χ0n) is 8.63. The molecule has 0 spiro atoms. The Hall–Kier alpha value is -1.32. The first kappa shape index (κ1) is 9.87. The highest BCUT2D eigenvalue weighted by Crippen LogP contribution is 2.37. The largest absolute Gasteiger partial charge is 0.384 e. The van der Waals surface area contributed by atoms with E-state index in [9.17, 15) is 5.11 Å². The molecule has 80 valence electrons. The van der Waals surface area contributed by atoms with E-state index >= 15 is 0 Å². The molecule has 1 atom stereocenters. The molecule has 0 saturated carbocycles. The molecule has 2 aromatic rings. The van der Waals surface area contributed by atoms with Crippen LogP contribution in [0.1, 0.15) is 22.8 Å². The molecule has 3 heteroatoms. The summed E-state index contributed by atoms with van der Waals surface area (Å²) in [6, 6.07) is 11.8. The van der Waals surface area contributed by atoms with Crippen LogP contribution < -0.4 is 0 Å². The number of pyridine rings is 1. The van der Waals surface area contributed by atoms with Crippen molar-refractivity contribution in [1.82, 2.24) is 4.98 Å². The third-order valence-corrected chi connectivity index (χ3v) is 3.88. The van der Waals surface area contributed by atoms with Gasteiger partial charge in [0.05, 0.1) is 0 Å². The van der Waals surface area contributed by atoms with Gasteiger partial charge in [0, 0.05) is 17.5 Å². The van der Waals surface area contributed by atoms with Gasteiger partial charge in [-0.15, -0.1) is 11.8 Å². The number of fused-ring (bicyclic) bond motifs is 2. The maximum Gasteiger partial charge on any atom is 0.107 e. The van der Waals surface area contributed by atoms with Crippen LogP contribution in [0.2, 0.25) is 0 Å². The van der Waals surface area contributed by atoms with Gasteiger partial charge >= 0.3 is 0 Å². The number of benzene rings is 1. The zero-order chi connectivity index (χ0) is 11.0. The van der Waals surface area contributed by atoms with E-state index in [-0.39, 0.29) is 0 Å². The lowest BCUT2D eigenvalue weighted by Crippen LogP contribution is -2.02. The van der Waals surface area contributed by atoms with Gasteiger partial charge in [-0.25, -0.2) is 4.98 Å². The van der Waals surface area contributed by atoms with Gasteiger partial charge in [0.25, 0.3) is 0 Å². The summed E-state index contributed by atoms with van der Waals surface area (Å²) < 4.78 is 0. The van der Waals surface area contributed by atoms with Crippen molar-refractivity contribution in [2.75, 3.05) is 0 Å². The maximum atomic E-state index is 10.3. The molecule has 2 heterocycles. The minimum Gasteiger partial charge on any atom is -0.384 e. The lowest BCUT2D eigenvalue weighted by Gasteiger charge is -2.12. The molecule has 1 aliphatic heterocycles. The summed E-state index contributed by atoms with van der Waals surface area (Å²) in [5.41, 5.74) is 3.11. The lowest BCUT2D eigenvalue weighted by atomic mass is 9.99. The van der Waals surface area contributed by atoms with Crippen molar-refractivity contribution in [3.63, 3.8) is 0 Å². The van der Waals surface area contributed by atoms with Crippen molar-refractivity contribution in [1.29, 1.82) is 0 Å². The van der Waals surface area contributed by atoms with Gasteiger partial charge in [-0.05, 0) is 17.2 Å². The summed E-state index contributed by atoms with van der Waals surface area (Å²) >= 11 is 1.68. The molecule has 0 aliphatic carbocycles. The first-order valence-electron chi connectivity index (χ1n) is 5.20. The second-order valence-electron chi connectivity index (χ2n) is 3.79. The molecule has 1 aliphatic rings. The van der Waals surface area contributed by atoms with Gasteiger partial charge in [-0.3, -0.25) is 0 Å². The van der Waals surface area contributed by atoms with E-state index in [0.717, 1.165) is 21.9 Å². The number of thioether (sulfide) groups is 1. The van der Waals surface area contributed by atoms with Crippen LogP contribution in [0.25, 0.3) is 0 Å². The third-order valence-electron chi connectivity index (χ3n) is 2.81. The fourth-order valence-electron chi connectivity index (χ4n) is 1.98. The molecule has 0 radical (unpaired) electrons. The molecule has 1 aromatic carbocycles. The van der Waals surface area contributed by atoms with Crippen LogP contribution in [0.15, 0.2) is 47.6 Å². The quantitative estimate of drug-likeness (QED) is 0.754. The van der Waals surface area contributed by atoms with Gasteiger partial charge in [0.15, 0.2) is 0 Å². The second kappa shape index (κ2) is 3.92. The van der Waals surface area contributed by atoms with Crippen molar-refractivity contribution >= 4 is 11.8 Å². The van der Waals surface area contributed by atoms with Crippen LogP contribution in [0.3, 0.4) is 0 Å². The number of rotatable bonds is 0. The number of aliphatic hydroxyl groups excluding tert-OH is 1. The highest BCUT2D eigenvalue weighted by molar-refractivity contribution is 7.98. The summed E-state index contributed by atoms with van der Waals surface area (Å²) in [4.78, 5) is 4.32. The first-order chi connectivity index (χ1) is 7.86. The van der Waals surface area contributed by atoms with Crippen molar-refractivity contribution in [2.24, 2.45) is 0 Å². The van der Waals surface area contributed by atoms with Gasteiger partial charge in [-0.2, -0.15) is 0 Å². The predicted octanol–water partition coefficient (Wildman–Crippen LogP) is 2.77. The molecule has 0 fully saturated rings. The van der Waals surface area contributed by atoms with Crippen molar-refractivity contribution in [3.05, 3.63) is 59.3 Å². The Morgan fingerprint density at radius 3 is 2.88 bits per heavy atom. The molecule has 0 saturated heterocycles. The Morgan fingerprint density at radius 1 is 1.12 bits per heavy atom. The van der Waals surface area contributed by atoms with E-state index in [1.807, 2.05) is 30.3 Å². The van der Waals surface area contributed by atoms with E-state index < -0.39 is 6.10 Å². The lowest BCUT2D eigenvalue weighted by molar-refractivity contribution is 0.216. The highest BCUT2D eigenvalue weighted by Gasteiger charge is 2.21. The number of hydrogen-bond donors (Lipinski definition) is 1. The first-order valence-corrected chi connectivity index (χ1v) is 6.18. The predicted molar refractivity (Wildman–Crippen MR) is 64.3 cm³/mol. The minimum absolute atomic E-state index is 0.546. The van der Waals surface area contributed by atoms with Crippen LogP contribution in [0.5, 0.6) is 0 Å². The van der Waals surface area contributed by atoms with Crippen molar-refractivity contribution in [2.45, 2.75) is 16.9 Å². The summed E-state index contributed by atoms with van der Waals surface area (Å²) in [5, 5.41) is 11.3. The molecule has 0 amide bonds. The molecule has 1 N–H and O–H groups in total. The number of nitrogens with zero attached hydrogens (tertiary/aromatic N) is 1. The Balaban J connectivity index is 2.18. The van der Waals surface area contributed by atoms with E-state index in [2.05, 4.69) is 11.1 Å². The molecule has 1 aromatic heterocycles. The van der Waals surface area contributed by atoms with Gasteiger partial charge in [0.1, 0.15) is 11.1 Å². The number of aromatic nitrogens is 1. The summed E-state index contributed by atoms with van der Waals surface area (Å²) in [6.07, 6.45) is 1.23. The van der Waals surface area contributed by atoms with Crippen LogP contribution in [0, 0.1) is 0 Å². The SMILES string of the molecule is OC1c2ccccc2CSc2ncccc21. The zero-order valence-corrected chi connectivity index (χ0v) is 9.45. The monoisotopic (exact) mass is 229 g/mol. The highest BCUT2D eigenvalue weighted by atomic mass is 32.2. The van der Waals surface area contributed by atoms with E-state index in [1.165, 1.54) is 5.56 Å². The molecule has 2 nitrogen and oxygen atoms in total. The molecular weight excluding hydrogens is 218 g/mol. The van der Waals surface area contributed by atoms with E-state index in [4.69, 9.17) is 0 Å². The third kappa shape index (κ3) is 1.52. The average Bonchev–Trinajstić information content (AvgIpc) is 2.49. The normalized spacial score (nSPS) is 18.4. The van der Waals surface area contributed by atoms with Gasteiger partial charge in [0.2, 0.25) is 0 Å². The average molecular weight is 229 g/mol. The van der Waals surface area contributed by atoms with Crippen LogP contribution in [-0.2, 0) is 5.75 Å². The second-order valence-corrected chi connectivity index (χ2v) is 4.75. The molecule has 1 unspecified atom stereocenters. The molecule has 16 heavy (non-hydrogen) atoms. The van der Waals surface area contributed by atoms with Crippen LogP contribution >= 0.6 is 11.8 Å². The Bertz CT molecular complexity index is 479. The fourth-order valence-corrected chi connectivity index (χ4v) is 3.01. The smallest absolute Gasteiger partial charge is 0.107 e. The van der Waals surface area contributed by atoms with Crippen molar-refractivity contribution in [3.8, 4) is 0 Å². The minimum atomic E-state index is -0.546. The molecule has 3 rings (SSSR count). The maximum absolute atomic E-state index is 10.3. The van der Waals surface area contributed by atoms with Gasteiger partial charge < -0.3 is 5.11 Å².